The molecule has 2 aromatic rings. The topological polar surface area (TPSA) is 57.7 Å². The van der Waals surface area contributed by atoms with Gasteiger partial charge in [0.1, 0.15) is 11.9 Å². The number of urea groups is 1. The number of ether oxygens (including phenoxy) is 1. The summed E-state index contributed by atoms with van der Waals surface area (Å²) in [5, 5.41) is 3.01. The van der Waals surface area contributed by atoms with Crippen molar-refractivity contribution >= 4 is 17.5 Å². The third-order valence-electron chi connectivity index (χ3n) is 5.03. The standard InChI is InChI=1S/C20H23FN4O2/c21-16-7-5-15(6-8-16)18-14-25(12-13-27-18)20(26)23-17-4-3-9-22-19(17)24-10-1-2-11-24/h3-9,18H,1-2,10-14H2,(H,23,26)/t18-/m1/s1. The lowest BCUT2D eigenvalue weighted by atomic mass is 10.1. The number of hydrogen-bond acceptors (Lipinski definition) is 4. The minimum atomic E-state index is -0.282. The van der Waals surface area contributed by atoms with Crippen LogP contribution < -0.4 is 10.2 Å². The number of morpholine rings is 1. The summed E-state index contributed by atoms with van der Waals surface area (Å²) >= 11 is 0. The summed E-state index contributed by atoms with van der Waals surface area (Å²) in [6.45, 7) is 3.31. The lowest BCUT2D eigenvalue weighted by molar-refractivity contribution is -0.0135. The van der Waals surface area contributed by atoms with Crippen LogP contribution in [0.2, 0.25) is 0 Å². The van der Waals surface area contributed by atoms with E-state index in [9.17, 15) is 9.18 Å². The van der Waals surface area contributed by atoms with Gasteiger partial charge < -0.3 is 19.9 Å². The molecule has 0 saturated carbocycles. The average molecular weight is 370 g/mol. The highest BCUT2D eigenvalue weighted by molar-refractivity contribution is 5.92. The van der Waals surface area contributed by atoms with Crippen LogP contribution in [0, 0.1) is 5.82 Å². The van der Waals surface area contributed by atoms with Gasteiger partial charge in [-0.25, -0.2) is 14.2 Å². The van der Waals surface area contributed by atoms with Gasteiger partial charge in [0, 0.05) is 25.8 Å². The monoisotopic (exact) mass is 370 g/mol. The first-order valence-corrected chi connectivity index (χ1v) is 9.34. The number of nitrogens with zero attached hydrogens (tertiary/aromatic N) is 3. The zero-order chi connectivity index (χ0) is 18.6. The van der Waals surface area contributed by atoms with Crippen molar-refractivity contribution in [2.24, 2.45) is 0 Å². The molecule has 1 N–H and O–H groups in total. The van der Waals surface area contributed by atoms with E-state index < -0.39 is 0 Å². The summed E-state index contributed by atoms with van der Waals surface area (Å²) < 4.78 is 18.9. The smallest absolute Gasteiger partial charge is 0.322 e. The molecule has 1 atom stereocenters. The molecule has 2 aliphatic rings. The van der Waals surface area contributed by atoms with Crippen molar-refractivity contribution in [1.29, 1.82) is 0 Å². The number of carbonyl (C=O) groups excluding carboxylic acids is 1. The second-order valence-corrected chi connectivity index (χ2v) is 6.86. The normalized spacial score (nSPS) is 20.0. The van der Waals surface area contributed by atoms with Gasteiger partial charge in [-0.2, -0.15) is 0 Å². The molecule has 3 heterocycles. The minimum Gasteiger partial charge on any atom is -0.370 e. The first kappa shape index (κ1) is 17.7. The Balaban J connectivity index is 1.44. The zero-order valence-corrected chi connectivity index (χ0v) is 15.1. The number of nitrogens with one attached hydrogen (secondary N) is 1. The number of aromatic nitrogens is 1. The van der Waals surface area contributed by atoms with Crippen molar-refractivity contribution in [1.82, 2.24) is 9.88 Å². The summed E-state index contributed by atoms with van der Waals surface area (Å²) in [5.74, 6) is 0.543. The van der Waals surface area contributed by atoms with Crippen LogP contribution in [0.3, 0.4) is 0 Å². The van der Waals surface area contributed by atoms with Crippen LogP contribution in [-0.4, -0.2) is 48.7 Å². The number of amides is 2. The van der Waals surface area contributed by atoms with Gasteiger partial charge >= 0.3 is 6.03 Å². The number of hydrogen-bond donors (Lipinski definition) is 1. The van der Waals surface area contributed by atoms with E-state index in [2.05, 4.69) is 15.2 Å². The zero-order valence-electron chi connectivity index (χ0n) is 15.1. The third kappa shape index (κ3) is 4.03. The highest BCUT2D eigenvalue weighted by Crippen LogP contribution is 2.27. The third-order valence-corrected chi connectivity index (χ3v) is 5.03. The molecule has 6 nitrogen and oxygen atoms in total. The SMILES string of the molecule is O=C(Nc1cccnc1N1CCCC1)N1CCO[C@@H](c2ccc(F)cc2)C1. The van der Waals surface area contributed by atoms with Gasteiger partial charge in [-0.3, -0.25) is 0 Å². The molecule has 0 unspecified atom stereocenters. The van der Waals surface area contributed by atoms with Crippen molar-refractivity contribution in [3.63, 3.8) is 0 Å². The van der Waals surface area contributed by atoms with Crippen LogP contribution in [0.4, 0.5) is 20.7 Å². The molecule has 142 valence electrons. The Morgan fingerprint density at radius 2 is 1.93 bits per heavy atom. The summed E-state index contributed by atoms with van der Waals surface area (Å²) in [6, 6.07) is 9.78. The maximum absolute atomic E-state index is 13.1. The molecule has 2 saturated heterocycles. The lowest BCUT2D eigenvalue weighted by Crippen LogP contribution is -2.44. The van der Waals surface area contributed by atoms with Crippen LogP contribution in [0.1, 0.15) is 24.5 Å². The van der Waals surface area contributed by atoms with Gasteiger partial charge in [-0.05, 0) is 42.7 Å². The highest BCUT2D eigenvalue weighted by atomic mass is 19.1. The maximum Gasteiger partial charge on any atom is 0.322 e. The van der Waals surface area contributed by atoms with Gasteiger partial charge in [0.2, 0.25) is 0 Å². The van der Waals surface area contributed by atoms with E-state index in [0.29, 0.717) is 19.7 Å². The number of pyridine rings is 1. The number of rotatable bonds is 3. The molecule has 0 bridgehead atoms. The number of carbonyl (C=O) groups is 1. The lowest BCUT2D eigenvalue weighted by Gasteiger charge is -2.33. The molecule has 4 rings (SSSR count). The van der Waals surface area contributed by atoms with Gasteiger partial charge in [0.25, 0.3) is 0 Å². The van der Waals surface area contributed by atoms with Crippen molar-refractivity contribution in [2.45, 2.75) is 18.9 Å². The van der Waals surface area contributed by atoms with Crippen molar-refractivity contribution in [2.75, 3.05) is 43.0 Å². The fraction of sp³-hybridized carbons (Fsp3) is 0.400. The Hall–Kier alpha value is -2.67. The van der Waals surface area contributed by atoms with Crippen molar-refractivity contribution in [3.05, 3.63) is 54.0 Å². The minimum absolute atomic E-state index is 0.168. The summed E-state index contributed by atoms with van der Waals surface area (Å²) in [6.07, 6.45) is 3.79. The van der Waals surface area contributed by atoms with E-state index >= 15 is 0 Å². The van der Waals surface area contributed by atoms with Gasteiger partial charge in [0.15, 0.2) is 5.82 Å². The molecule has 2 amide bonds. The highest BCUT2D eigenvalue weighted by Gasteiger charge is 2.26. The van der Waals surface area contributed by atoms with E-state index in [0.717, 1.165) is 43.0 Å². The second-order valence-electron chi connectivity index (χ2n) is 6.86. The second kappa shape index (κ2) is 7.92. The number of anilines is 2. The fourth-order valence-electron chi connectivity index (χ4n) is 3.58. The summed E-state index contributed by atoms with van der Waals surface area (Å²) in [7, 11) is 0. The summed E-state index contributed by atoms with van der Waals surface area (Å²) in [5.41, 5.74) is 1.60. The molecule has 0 radical (unpaired) electrons. The van der Waals surface area contributed by atoms with Gasteiger partial charge in [0.05, 0.1) is 18.8 Å². The van der Waals surface area contributed by atoms with Gasteiger partial charge in [-0.1, -0.05) is 12.1 Å². The van der Waals surface area contributed by atoms with Crippen LogP contribution in [0.5, 0.6) is 0 Å². The molecule has 1 aromatic carbocycles. The quantitative estimate of drug-likeness (QED) is 0.899. The molecule has 0 aliphatic carbocycles. The van der Waals surface area contributed by atoms with Crippen molar-refractivity contribution < 1.29 is 13.9 Å². The molecule has 1 aromatic heterocycles. The Morgan fingerprint density at radius 1 is 1.15 bits per heavy atom. The van der Waals surface area contributed by atoms with Crippen LogP contribution in [0.15, 0.2) is 42.6 Å². The molecule has 27 heavy (non-hydrogen) atoms. The van der Waals surface area contributed by atoms with Crippen LogP contribution in [0.25, 0.3) is 0 Å². The fourth-order valence-corrected chi connectivity index (χ4v) is 3.58. The largest absolute Gasteiger partial charge is 0.370 e. The number of halogens is 1. The van der Waals surface area contributed by atoms with E-state index in [4.69, 9.17) is 4.74 Å². The predicted octanol–water partition coefficient (Wildman–Crippen LogP) is 3.43. The maximum atomic E-state index is 13.1. The van der Waals surface area contributed by atoms with E-state index in [1.165, 1.54) is 12.1 Å². The molecule has 7 heteroatoms. The first-order chi connectivity index (χ1) is 13.2. The van der Waals surface area contributed by atoms with Gasteiger partial charge in [-0.15, -0.1) is 0 Å². The number of benzene rings is 1. The van der Waals surface area contributed by atoms with Crippen molar-refractivity contribution in [3.8, 4) is 0 Å². The predicted molar refractivity (Wildman–Crippen MR) is 101 cm³/mol. The van der Waals surface area contributed by atoms with E-state index in [1.54, 1.807) is 23.2 Å². The molecule has 0 spiro atoms. The molecular weight excluding hydrogens is 347 g/mol. The van der Waals surface area contributed by atoms with Crippen LogP contribution in [-0.2, 0) is 4.74 Å². The first-order valence-electron chi connectivity index (χ1n) is 9.34. The summed E-state index contributed by atoms with van der Waals surface area (Å²) in [4.78, 5) is 21.2. The van der Waals surface area contributed by atoms with E-state index in [1.807, 2.05) is 12.1 Å². The van der Waals surface area contributed by atoms with Crippen LogP contribution >= 0.6 is 0 Å². The Morgan fingerprint density at radius 3 is 2.70 bits per heavy atom. The van der Waals surface area contributed by atoms with E-state index in [-0.39, 0.29) is 18.0 Å². The molecule has 2 aliphatic heterocycles. The average Bonchev–Trinajstić information content (AvgIpc) is 3.24. The Kier molecular flexibility index (Phi) is 5.20. The Bertz CT molecular complexity index is 793. The molecule has 2 fully saturated rings. The molecular formula is C20H23FN4O2. The Labute approximate surface area is 157 Å².